The molecule has 0 aliphatic heterocycles. The molecule has 0 fully saturated rings. The van der Waals surface area contributed by atoms with E-state index in [1.165, 1.54) is 0 Å². The second kappa shape index (κ2) is 6.57. The van der Waals surface area contributed by atoms with E-state index in [-0.39, 0.29) is 6.04 Å². The van der Waals surface area contributed by atoms with Gasteiger partial charge < -0.3 is 5.32 Å². The van der Waals surface area contributed by atoms with Crippen LogP contribution in [-0.4, -0.2) is 11.5 Å². The van der Waals surface area contributed by atoms with Gasteiger partial charge in [0.15, 0.2) is 11.6 Å². The molecule has 1 heterocycles. The van der Waals surface area contributed by atoms with Crippen LogP contribution in [-0.2, 0) is 6.42 Å². The van der Waals surface area contributed by atoms with Crippen molar-refractivity contribution >= 4 is 0 Å². The third kappa shape index (κ3) is 3.20. The highest BCUT2D eigenvalue weighted by Gasteiger charge is 2.19. The monoisotopic (exact) mass is 276 g/mol. The Bertz CT molecular complexity index is 570. The normalized spacial score (nSPS) is 12.4. The number of likely N-dealkylation sites (N-methyl/N-ethyl adjacent to an activating group) is 1. The molecule has 1 unspecified atom stereocenters. The maximum absolute atomic E-state index is 14.1. The first kappa shape index (κ1) is 14.6. The summed E-state index contributed by atoms with van der Waals surface area (Å²) in [7, 11) is 0. The lowest BCUT2D eigenvalue weighted by molar-refractivity contribution is 0.461. The number of hydrogen-bond donors (Lipinski definition) is 1. The molecule has 0 amide bonds. The largest absolute Gasteiger partial charge is 0.310 e. The van der Waals surface area contributed by atoms with E-state index >= 15 is 0 Å². The molecule has 1 N–H and O–H groups in total. The van der Waals surface area contributed by atoms with Crippen LogP contribution >= 0.6 is 0 Å². The van der Waals surface area contributed by atoms with Gasteiger partial charge in [-0.1, -0.05) is 25.1 Å². The molecular formula is C16H18F2N2. The first-order valence-corrected chi connectivity index (χ1v) is 6.70. The zero-order chi connectivity index (χ0) is 14.5. The number of hydrogen-bond acceptors (Lipinski definition) is 2. The highest BCUT2D eigenvalue weighted by atomic mass is 19.2. The first-order chi connectivity index (χ1) is 9.63. The molecule has 0 saturated carbocycles. The van der Waals surface area contributed by atoms with Crippen LogP contribution in [0.25, 0.3) is 0 Å². The zero-order valence-corrected chi connectivity index (χ0v) is 11.7. The van der Waals surface area contributed by atoms with Crippen molar-refractivity contribution in [2.24, 2.45) is 0 Å². The van der Waals surface area contributed by atoms with E-state index in [4.69, 9.17) is 0 Å². The average molecular weight is 276 g/mol. The summed E-state index contributed by atoms with van der Waals surface area (Å²) in [6, 6.07) is 6.77. The van der Waals surface area contributed by atoms with Crippen LogP contribution in [0.15, 0.2) is 36.7 Å². The van der Waals surface area contributed by atoms with Crippen molar-refractivity contribution in [1.29, 1.82) is 0 Å². The summed E-state index contributed by atoms with van der Waals surface area (Å²) in [6.07, 6.45) is 4.01. The Morgan fingerprint density at radius 2 is 2.00 bits per heavy atom. The first-order valence-electron chi connectivity index (χ1n) is 6.70. The quantitative estimate of drug-likeness (QED) is 0.903. The summed E-state index contributed by atoms with van der Waals surface area (Å²) in [4.78, 5) is 4.05. The van der Waals surface area contributed by atoms with E-state index in [2.05, 4.69) is 10.3 Å². The molecule has 2 aromatic rings. The summed E-state index contributed by atoms with van der Waals surface area (Å²) in [5, 5.41) is 3.20. The maximum Gasteiger partial charge on any atom is 0.163 e. The van der Waals surface area contributed by atoms with Crippen molar-refractivity contribution in [2.45, 2.75) is 26.3 Å². The van der Waals surface area contributed by atoms with Gasteiger partial charge >= 0.3 is 0 Å². The van der Waals surface area contributed by atoms with Crippen LogP contribution in [0.4, 0.5) is 8.78 Å². The lowest BCUT2D eigenvalue weighted by Gasteiger charge is -2.19. The molecular weight excluding hydrogens is 258 g/mol. The predicted molar refractivity (Wildman–Crippen MR) is 75.5 cm³/mol. The summed E-state index contributed by atoms with van der Waals surface area (Å²) >= 11 is 0. The van der Waals surface area contributed by atoms with Gasteiger partial charge in [-0.05, 0) is 37.1 Å². The van der Waals surface area contributed by atoms with Crippen molar-refractivity contribution in [3.8, 4) is 0 Å². The fourth-order valence-corrected chi connectivity index (χ4v) is 2.22. The van der Waals surface area contributed by atoms with Gasteiger partial charge in [0.2, 0.25) is 0 Å². The Balaban J connectivity index is 2.31. The van der Waals surface area contributed by atoms with Crippen LogP contribution in [0.2, 0.25) is 0 Å². The van der Waals surface area contributed by atoms with Gasteiger partial charge in [0.05, 0.1) is 0 Å². The van der Waals surface area contributed by atoms with Gasteiger partial charge in [-0.15, -0.1) is 0 Å². The van der Waals surface area contributed by atoms with Crippen LogP contribution in [0, 0.1) is 18.6 Å². The van der Waals surface area contributed by atoms with Crippen molar-refractivity contribution < 1.29 is 8.78 Å². The predicted octanol–water partition coefficient (Wildman–Crippen LogP) is 3.56. The third-order valence-electron chi connectivity index (χ3n) is 3.29. The summed E-state index contributed by atoms with van der Waals surface area (Å²) in [5.41, 5.74) is 1.67. The van der Waals surface area contributed by atoms with Crippen molar-refractivity contribution in [3.05, 3.63) is 65.0 Å². The smallest absolute Gasteiger partial charge is 0.163 e. The molecule has 2 rings (SSSR count). The highest BCUT2D eigenvalue weighted by Crippen LogP contribution is 2.24. The van der Waals surface area contributed by atoms with E-state index in [9.17, 15) is 8.78 Å². The zero-order valence-electron chi connectivity index (χ0n) is 11.7. The minimum atomic E-state index is -0.767. The van der Waals surface area contributed by atoms with Gasteiger partial charge in [-0.2, -0.15) is 0 Å². The van der Waals surface area contributed by atoms with Crippen molar-refractivity contribution in [2.75, 3.05) is 6.54 Å². The number of benzene rings is 1. The van der Waals surface area contributed by atoms with E-state index in [0.717, 1.165) is 5.56 Å². The fraction of sp³-hybridized carbons (Fsp3) is 0.312. The number of nitrogens with zero attached hydrogens (tertiary/aromatic N) is 1. The fourth-order valence-electron chi connectivity index (χ4n) is 2.22. The number of pyridine rings is 1. The Morgan fingerprint density at radius 3 is 2.65 bits per heavy atom. The molecule has 0 radical (unpaired) electrons. The van der Waals surface area contributed by atoms with E-state index in [1.807, 2.05) is 19.1 Å². The van der Waals surface area contributed by atoms with Gasteiger partial charge in [-0.25, -0.2) is 8.78 Å². The maximum atomic E-state index is 14.1. The van der Waals surface area contributed by atoms with Crippen molar-refractivity contribution in [3.63, 3.8) is 0 Å². The summed E-state index contributed by atoms with van der Waals surface area (Å²) < 4.78 is 27.8. The standard InChI is InChI=1S/C16H18F2N2/c1-3-20-14(9-12-5-4-8-19-10-12)13-7-6-11(2)15(17)16(13)18/h4-8,10,14,20H,3,9H2,1-2H3. The SMILES string of the molecule is CCNC(Cc1cccnc1)c1ccc(C)c(F)c1F. The Kier molecular flexibility index (Phi) is 4.79. The number of rotatable bonds is 5. The lowest BCUT2D eigenvalue weighted by atomic mass is 9.98. The topological polar surface area (TPSA) is 24.9 Å². The molecule has 1 atom stereocenters. The number of nitrogens with one attached hydrogen (secondary N) is 1. The van der Waals surface area contributed by atoms with E-state index in [1.54, 1.807) is 31.5 Å². The van der Waals surface area contributed by atoms with Gasteiger partial charge in [0.25, 0.3) is 0 Å². The molecule has 0 saturated heterocycles. The summed E-state index contributed by atoms with van der Waals surface area (Å²) in [5.74, 6) is -1.53. The van der Waals surface area contributed by atoms with Crippen molar-refractivity contribution in [1.82, 2.24) is 10.3 Å². The Hall–Kier alpha value is -1.81. The second-order valence-corrected chi connectivity index (χ2v) is 4.78. The van der Waals surface area contributed by atoms with Crippen LogP contribution < -0.4 is 5.32 Å². The number of halogens is 2. The molecule has 4 heteroatoms. The minimum Gasteiger partial charge on any atom is -0.310 e. The Labute approximate surface area is 117 Å². The molecule has 0 aliphatic rings. The number of aromatic nitrogens is 1. The lowest BCUT2D eigenvalue weighted by Crippen LogP contribution is -2.24. The highest BCUT2D eigenvalue weighted by molar-refractivity contribution is 5.29. The molecule has 0 spiro atoms. The molecule has 20 heavy (non-hydrogen) atoms. The van der Waals surface area contributed by atoms with Gasteiger partial charge in [0.1, 0.15) is 0 Å². The second-order valence-electron chi connectivity index (χ2n) is 4.78. The third-order valence-corrected chi connectivity index (χ3v) is 3.29. The Morgan fingerprint density at radius 1 is 1.20 bits per heavy atom. The van der Waals surface area contributed by atoms with Crippen LogP contribution in [0.1, 0.15) is 29.7 Å². The molecule has 0 aliphatic carbocycles. The number of aryl methyl sites for hydroxylation is 1. The van der Waals surface area contributed by atoms with Crippen LogP contribution in [0.3, 0.4) is 0 Å². The molecule has 0 bridgehead atoms. The summed E-state index contributed by atoms with van der Waals surface area (Å²) in [6.45, 7) is 4.18. The van der Waals surface area contributed by atoms with E-state index < -0.39 is 11.6 Å². The molecule has 1 aromatic heterocycles. The average Bonchev–Trinajstić information content (AvgIpc) is 2.46. The molecule has 106 valence electrons. The van der Waals surface area contributed by atoms with E-state index in [0.29, 0.717) is 24.1 Å². The minimum absolute atomic E-state index is 0.265. The van der Waals surface area contributed by atoms with Gasteiger partial charge in [0, 0.05) is 24.0 Å². The molecule has 1 aromatic carbocycles. The van der Waals surface area contributed by atoms with Crippen LogP contribution in [0.5, 0.6) is 0 Å². The van der Waals surface area contributed by atoms with Gasteiger partial charge in [-0.3, -0.25) is 4.98 Å². The molecule has 2 nitrogen and oxygen atoms in total.